The SMILES string of the molecule is COc1ccc(NC(=O)c2ccccc2S(=O)(=O)c2ccccc2[N+](=O)[O-])cc1. The molecule has 1 amide bonds. The number of anilines is 1. The van der Waals surface area contributed by atoms with Gasteiger partial charge in [-0.1, -0.05) is 24.3 Å². The summed E-state index contributed by atoms with van der Waals surface area (Å²) in [6.45, 7) is 0. The van der Waals surface area contributed by atoms with E-state index in [-0.39, 0.29) is 10.5 Å². The van der Waals surface area contributed by atoms with Gasteiger partial charge in [0.2, 0.25) is 9.84 Å². The Kier molecular flexibility index (Phi) is 5.60. The first-order valence-electron chi connectivity index (χ1n) is 8.37. The molecule has 0 saturated heterocycles. The maximum absolute atomic E-state index is 13.1. The lowest BCUT2D eigenvalue weighted by Crippen LogP contribution is -2.17. The largest absolute Gasteiger partial charge is 0.497 e. The monoisotopic (exact) mass is 412 g/mol. The maximum atomic E-state index is 13.1. The number of rotatable bonds is 6. The molecule has 1 N–H and O–H groups in total. The lowest BCUT2D eigenvalue weighted by atomic mass is 10.2. The van der Waals surface area contributed by atoms with Crippen LogP contribution in [0.4, 0.5) is 11.4 Å². The summed E-state index contributed by atoms with van der Waals surface area (Å²) >= 11 is 0. The first-order chi connectivity index (χ1) is 13.8. The van der Waals surface area contributed by atoms with Crippen molar-refractivity contribution in [1.29, 1.82) is 0 Å². The van der Waals surface area contributed by atoms with E-state index in [1.54, 1.807) is 24.3 Å². The smallest absolute Gasteiger partial charge is 0.288 e. The number of nitrogens with one attached hydrogen (secondary N) is 1. The number of para-hydroxylation sites is 1. The van der Waals surface area contributed by atoms with Crippen LogP contribution < -0.4 is 10.1 Å². The highest BCUT2D eigenvalue weighted by molar-refractivity contribution is 7.91. The van der Waals surface area contributed by atoms with E-state index in [0.717, 1.165) is 12.1 Å². The molecule has 0 saturated carbocycles. The summed E-state index contributed by atoms with van der Waals surface area (Å²) in [5.74, 6) is -0.0599. The van der Waals surface area contributed by atoms with Crippen LogP contribution in [0.2, 0.25) is 0 Å². The Bertz CT molecular complexity index is 1170. The van der Waals surface area contributed by atoms with E-state index in [1.807, 2.05) is 0 Å². The van der Waals surface area contributed by atoms with Crippen molar-refractivity contribution in [2.24, 2.45) is 0 Å². The number of benzene rings is 3. The standard InChI is InChI=1S/C20H16N2O6S/c1-28-15-12-10-14(11-13-15)21-20(23)16-6-2-4-8-18(16)29(26,27)19-9-5-3-7-17(19)22(24)25/h2-13H,1H3,(H,21,23). The number of hydrogen-bond acceptors (Lipinski definition) is 6. The molecule has 148 valence electrons. The highest BCUT2D eigenvalue weighted by Crippen LogP contribution is 2.31. The topological polar surface area (TPSA) is 116 Å². The molecule has 3 aromatic rings. The minimum atomic E-state index is -4.32. The Hall–Kier alpha value is -3.72. The second-order valence-corrected chi connectivity index (χ2v) is 7.79. The second kappa shape index (κ2) is 8.11. The molecule has 29 heavy (non-hydrogen) atoms. The summed E-state index contributed by atoms with van der Waals surface area (Å²) in [5.41, 5.74) is -0.243. The Morgan fingerprint density at radius 2 is 1.52 bits per heavy atom. The number of ether oxygens (including phenoxy) is 1. The third-order valence-electron chi connectivity index (χ3n) is 4.12. The number of amides is 1. The average molecular weight is 412 g/mol. The van der Waals surface area contributed by atoms with E-state index in [0.29, 0.717) is 11.4 Å². The predicted molar refractivity (Wildman–Crippen MR) is 106 cm³/mol. The lowest BCUT2D eigenvalue weighted by Gasteiger charge is -2.11. The van der Waals surface area contributed by atoms with E-state index < -0.39 is 31.3 Å². The van der Waals surface area contributed by atoms with Gasteiger partial charge in [0.1, 0.15) is 10.6 Å². The quantitative estimate of drug-likeness (QED) is 0.488. The summed E-state index contributed by atoms with van der Waals surface area (Å²) in [6, 6.07) is 17.1. The van der Waals surface area contributed by atoms with Crippen molar-refractivity contribution in [2.45, 2.75) is 9.79 Å². The molecule has 0 aliphatic rings. The number of nitro benzene ring substituents is 1. The van der Waals surface area contributed by atoms with E-state index in [2.05, 4.69) is 5.32 Å². The van der Waals surface area contributed by atoms with Crippen molar-refractivity contribution in [2.75, 3.05) is 12.4 Å². The summed E-state index contributed by atoms with van der Waals surface area (Å²) in [4.78, 5) is 22.4. The molecule has 9 heteroatoms. The van der Waals surface area contributed by atoms with Crippen LogP contribution in [0.25, 0.3) is 0 Å². The molecule has 0 fully saturated rings. The maximum Gasteiger partial charge on any atom is 0.288 e. The van der Waals surface area contributed by atoms with E-state index in [1.165, 1.54) is 43.5 Å². The van der Waals surface area contributed by atoms with Crippen LogP contribution in [0.1, 0.15) is 10.4 Å². The number of nitrogens with zero attached hydrogens (tertiary/aromatic N) is 1. The minimum absolute atomic E-state index is 0.124. The molecule has 0 aliphatic heterocycles. The van der Waals surface area contributed by atoms with Crippen LogP contribution in [-0.4, -0.2) is 26.4 Å². The molecule has 0 atom stereocenters. The highest BCUT2D eigenvalue weighted by atomic mass is 32.2. The van der Waals surface area contributed by atoms with E-state index >= 15 is 0 Å². The molecule has 0 radical (unpaired) electrons. The van der Waals surface area contributed by atoms with Gasteiger partial charge in [-0.3, -0.25) is 14.9 Å². The van der Waals surface area contributed by atoms with Crippen LogP contribution in [0, 0.1) is 10.1 Å². The molecule has 0 bridgehead atoms. The minimum Gasteiger partial charge on any atom is -0.497 e. The molecule has 3 rings (SSSR count). The third kappa shape index (κ3) is 4.09. The summed E-state index contributed by atoms with van der Waals surface area (Å²) < 4.78 is 31.3. The van der Waals surface area contributed by atoms with Crippen molar-refractivity contribution in [1.82, 2.24) is 0 Å². The van der Waals surface area contributed by atoms with E-state index in [4.69, 9.17) is 4.74 Å². The fourth-order valence-electron chi connectivity index (χ4n) is 2.72. The Morgan fingerprint density at radius 1 is 0.931 bits per heavy atom. The van der Waals surface area contributed by atoms with Crippen molar-refractivity contribution in [3.8, 4) is 5.75 Å². The molecule has 3 aromatic carbocycles. The lowest BCUT2D eigenvalue weighted by molar-refractivity contribution is -0.387. The second-order valence-electron chi connectivity index (χ2n) is 5.91. The van der Waals surface area contributed by atoms with Gasteiger partial charge in [-0.2, -0.15) is 0 Å². The number of carbonyl (C=O) groups is 1. The Labute approximate surface area is 166 Å². The van der Waals surface area contributed by atoms with Gasteiger partial charge in [0, 0.05) is 11.8 Å². The predicted octanol–water partition coefficient (Wildman–Crippen LogP) is 3.69. The number of hydrogen-bond donors (Lipinski definition) is 1. The van der Waals surface area contributed by atoms with Gasteiger partial charge in [-0.25, -0.2) is 8.42 Å². The van der Waals surface area contributed by atoms with Crippen molar-refractivity contribution in [3.63, 3.8) is 0 Å². The van der Waals surface area contributed by atoms with Gasteiger partial charge in [-0.15, -0.1) is 0 Å². The van der Waals surface area contributed by atoms with Crippen molar-refractivity contribution < 1.29 is 22.9 Å². The normalized spacial score (nSPS) is 10.9. The van der Waals surface area contributed by atoms with Gasteiger partial charge < -0.3 is 10.1 Å². The summed E-state index contributed by atoms with van der Waals surface area (Å²) in [6.07, 6.45) is 0. The molecular weight excluding hydrogens is 396 g/mol. The fourth-order valence-corrected chi connectivity index (χ4v) is 4.34. The zero-order chi connectivity index (χ0) is 21.0. The molecular formula is C20H16N2O6S. The molecule has 0 unspecified atom stereocenters. The number of nitro groups is 1. The zero-order valence-corrected chi connectivity index (χ0v) is 16.0. The first kappa shape index (κ1) is 20.0. The zero-order valence-electron chi connectivity index (χ0n) is 15.2. The van der Waals surface area contributed by atoms with Crippen LogP contribution >= 0.6 is 0 Å². The van der Waals surface area contributed by atoms with Crippen LogP contribution in [0.3, 0.4) is 0 Å². The molecule has 0 aromatic heterocycles. The number of methoxy groups -OCH3 is 1. The van der Waals surface area contributed by atoms with Gasteiger partial charge >= 0.3 is 0 Å². The average Bonchev–Trinajstić information content (AvgIpc) is 2.74. The summed E-state index contributed by atoms with van der Waals surface area (Å²) in [7, 11) is -2.80. The number of sulfone groups is 1. The van der Waals surface area contributed by atoms with Gasteiger partial charge in [0.15, 0.2) is 0 Å². The highest BCUT2D eigenvalue weighted by Gasteiger charge is 2.30. The molecule has 8 nitrogen and oxygen atoms in total. The van der Waals surface area contributed by atoms with Gasteiger partial charge in [0.25, 0.3) is 11.6 Å². The van der Waals surface area contributed by atoms with Crippen LogP contribution in [0.5, 0.6) is 5.75 Å². The Balaban J connectivity index is 2.02. The van der Waals surface area contributed by atoms with Gasteiger partial charge in [0.05, 0.1) is 22.5 Å². The Morgan fingerprint density at radius 3 is 2.14 bits per heavy atom. The molecule has 0 spiro atoms. The molecule has 0 aliphatic carbocycles. The van der Waals surface area contributed by atoms with Crippen LogP contribution in [-0.2, 0) is 9.84 Å². The fraction of sp³-hybridized carbons (Fsp3) is 0.0500. The first-order valence-corrected chi connectivity index (χ1v) is 9.86. The van der Waals surface area contributed by atoms with Crippen LogP contribution in [0.15, 0.2) is 82.6 Å². The van der Waals surface area contributed by atoms with Crippen molar-refractivity contribution >= 4 is 27.1 Å². The third-order valence-corrected chi connectivity index (χ3v) is 5.98. The molecule has 0 heterocycles. The van der Waals surface area contributed by atoms with Crippen molar-refractivity contribution in [3.05, 3.63) is 88.5 Å². The number of carbonyl (C=O) groups excluding carboxylic acids is 1. The van der Waals surface area contributed by atoms with E-state index in [9.17, 15) is 23.3 Å². The van der Waals surface area contributed by atoms with Gasteiger partial charge in [-0.05, 0) is 42.5 Å². The summed E-state index contributed by atoms with van der Waals surface area (Å²) in [5, 5.41) is 13.9.